The molecule has 0 amide bonds. The molecule has 0 spiro atoms. The number of hydrogen-bond acceptors (Lipinski definition) is 2. The second kappa shape index (κ2) is 1.85. The summed E-state index contributed by atoms with van der Waals surface area (Å²) in [4.78, 5) is 9.86. The Kier molecular flexibility index (Phi) is 1.61. The highest BCUT2D eigenvalue weighted by molar-refractivity contribution is 5.80. The molecule has 0 rings (SSSR count). The number of aliphatic carboxylic acids is 1. The quantitative estimate of drug-likeness (QED) is 0.450. The van der Waals surface area contributed by atoms with Crippen molar-refractivity contribution in [3.63, 3.8) is 0 Å². The molecule has 0 bridgehead atoms. The maximum atomic E-state index is 9.86. The Morgan fingerprint density at radius 2 is 2.25 bits per heavy atom. The molecule has 0 aromatic rings. The Hall–Kier alpha value is -1.01. The molecule has 0 aliphatic heterocycles. The highest BCUT2D eigenvalue weighted by Gasteiger charge is 2.25. The number of carboxylic acids is 1. The first kappa shape index (κ1) is 6.99. The normalized spacial score (nSPS) is 16.1. The summed E-state index contributed by atoms with van der Waals surface area (Å²) in [6.07, 6.45) is 4.63. The lowest BCUT2D eigenvalue weighted by molar-refractivity contribution is -0.150. The third-order valence-electron chi connectivity index (χ3n) is 0.697. The lowest BCUT2D eigenvalue weighted by atomic mass is 10.1. The second-order valence-electron chi connectivity index (χ2n) is 1.52. The molecule has 2 N–H and O–H groups in total. The van der Waals surface area contributed by atoms with E-state index in [1.807, 2.05) is 0 Å². The molecule has 0 aromatic heterocycles. The number of hydrogen-bond donors (Lipinski definition) is 2. The fraction of sp³-hybridized carbons (Fsp3) is 0.400. The van der Waals surface area contributed by atoms with Crippen LogP contribution in [0.4, 0.5) is 0 Å². The fourth-order valence-corrected chi connectivity index (χ4v) is 0.0617. The molecule has 0 saturated heterocycles. The summed E-state index contributed by atoms with van der Waals surface area (Å²) in [6, 6.07) is 0. The van der Waals surface area contributed by atoms with Crippen LogP contribution in [0.2, 0.25) is 0 Å². The summed E-state index contributed by atoms with van der Waals surface area (Å²) in [6.45, 7) is 1.04. The number of carboxylic acid groups (broad SMARTS) is 1. The van der Waals surface area contributed by atoms with Gasteiger partial charge < -0.3 is 10.2 Å². The zero-order valence-corrected chi connectivity index (χ0v) is 4.38. The van der Waals surface area contributed by atoms with Crippen LogP contribution >= 0.6 is 0 Å². The molecular formula is C5H6O3. The third kappa shape index (κ3) is 1.24. The molecule has 44 valence electrons. The molecule has 3 nitrogen and oxygen atoms in total. The van der Waals surface area contributed by atoms with Gasteiger partial charge in [0.25, 0.3) is 0 Å². The minimum Gasteiger partial charge on any atom is -0.478 e. The molecule has 0 radical (unpaired) electrons. The first-order chi connectivity index (χ1) is 3.50. The Labute approximate surface area is 46.9 Å². The minimum atomic E-state index is -2.01. The molecule has 0 aliphatic rings. The van der Waals surface area contributed by atoms with Crippen LogP contribution in [0.25, 0.3) is 0 Å². The number of aliphatic hydroxyl groups is 1. The Balaban J connectivity index is 4.19. The van der Waals surface area contributed by atoms with Gasteiger partial charge in [-0.2, -0.15) is 0 Å². The monoisotopic (exact) mass is 114 g/mol. The van der Waals surface area contributed by atoms with E-state index in [4.69, 9.17) is 10.2 Å². The van der Waals surface area contributed by atoms with Crippen LogP contribution in [-0.4, -0.2) is 21.8 Å². The predicted octanol–water partition coefficient (Wildman–Crippen LogP) is -0.545. The van der Waals surface area contributed by atoms with Crippen molar-refractivity contribution in [1.82, 2.24) is 0 Å². The number of carbonyl (C=O) groups is 1. The van der Waals surface area contributed by atoms with E-state index < -0.39 is 11.6 Å². The zero-order chi connectivity index (χ0) is 6.78. The summed E-state index contributed by atoms with van der Waals surface area (Å²) >= 11 is 0. The van der Waals surface area contributed by atoms with Crippen molar-refractivity contribution < 1.29 is 15.0 Å². The SMILES string of the molecule is C#C[C@@](C)(O)C(=O)O. The van der Waals surface area contributed by atoms with Gasteiger partial charge in [0.05, 0.1) is 0 Å². The molecule has 0 heterocycles. The van der Waals surface area contributed by atoms with Crippen molar-refractivity contribution in [2.45, 2.75) is 12.5 Å². The van der Waals surface area contributed by atoms with Crippen molar-refractivity contribution in [2.75, 3.05) is 0 Å². The summed E-state index contributed by atoms with van der Waals surface area (Å²) in [5, 5.41) is 16.6. The van der Waals surface area contributed by atoms with Crippen LogP contribution in [0.5, 0.6) is 0 Å². The van der Waals surface area contributed by atoms with Gasteiger partial charge in [-0.3, -0.25) is 0 Å². The maximum Gasteiger partial charge on any atom is 0.348 e. The molecule has 0 unspecified atom stereocenters. The van der Waals surface area contributed by atoms with E-state index in [9.17, 15) is 4.79 Å². The molecule has 8 heavy (non-hydrogen) atoms. The Bertz CT molecular complexity index is 140. The van der Waals surface area contributed by atoms with Gasteiger partial charge in [0.1, 0.15) is 0 Å². The standard InChI is InChI=1S/C5H6O3/c1-3-5(2,8)4(6)7/h1,8H,2H3,(H,6,7)/t5-/m1/s1. The van der Waals surface area contributed by atoms with E-state index in [0.717, 1.165) is 6.92 Å². The first-order valence-corrected chi connectivity index (χ1v) is 1.94. The van der Waals surface area contributed by atoms with Crippen LogP contribution in [-0.2, 0) is 4.79 Å². The van der Waals surface area contributed by atoms with Gasteiger partial charge >= 0.3 is 5.97 Å². The summed E-state index contributed by atoms with van der Waals surface area (Å²) in [5.41, 5.74) is -2.01. The molecule has 3 heteroatoms. The van der Waals surface area contributed by atoms with Crippen LogP contribution in [0.1, 0.15) is 6.92 Å². The largest absolute Gasteiger partial charge is 0.478 e. The van der Waals surface area contributed by atoms with Gasteiger partial charge in [-0.15, -0.1) is 6.42 Å². The van der Waals surface area contributed by atoms with Crippen molar-refractivity contribution in [2.24, 2.45) is 0 Å². The van der Waals surface area contributed by atoms with Gasteiger partial charge in [-0.25, -0.2) is 4.79 Å². The van der Waals surface area contributed by atoms with Crippen molar-refractivity contribution in [3.05, 3.63) is 0 Å². The molecule has 0 aliphatic carbocycles. The lowest BCUT2D eigenvalue weighted by Gasteiger charge is -2.06. The smallest absolute Gasteiger partial charge is 0.348 e. The lowest BCUT2D eigenvalue weighted by Crippen LogP contribution is -2.32. The Morgan fingerprint density at radius 3 is 2.25 bits per heavy atom. The van der Waals surface area contributed by atoms with Gasteiger partial charge in [0.2, 0.25) is 5.60 Å². The topological polar surface area (TPSA) is 57.5 Å². The van der Waals surface area contributed by atoms with Crippen LogP contribution < -0.4 is 0 Å². The minimum absolute atomic E-state index is 1.04. The highest BCUT2D eigenvalue weighted by atomic mass is 16.4. The second-order valence-corrected chi connectivity index (χ2v) is 1.52. The predicted molar refractivity (Wildman–Crippen MR) is 27.1 cm³/mol. The first-order valence-electron chi connectivity index (χ1n) is 1.94. The molecule has 0 aromatic carbocycles. The zero-order valence-electron chi connectivity index (χ0n) is 4.38. The van der Waals surface area contributed by atoms with E-state index >= 15 is 0 Å². The molecule has 0 saturated carbocycles. The van der Waals surface area contributed by atoms with Crippen LogP contribution in [0, 0.1) is 12.3 Å². The summed E-state index contributed by atoms with van der Waals surface area (Å²) < 4.78 is 0. The van der Waals surface area contributed by atoms with E-state index in [0.29, 0.717) is 0 Å². The van der Waals surface area contributed by atoms with Crippen molar-refractivity contribution >= 4 is 5.97 Å². The van der Waals surface area contributed by atoms with Gasteiger partial charge in [0.15, 0.2) is 0 Å². The van der Waals surface area contributed by atoms with Crippen LogP contribution in [0.3, 0.4) is 0 Å². The third-order valence-corrected chi connectivity index (χ3v) is 0.697. The maximum absolute atomic E-state index is 9.86. The van der Waals surface area contributed by atoms with Crippen LogP contribution in [0.15, 0.2) is 0 Å². The molecule has 0 fully saturated rings. The number of rotatable bonds is 1. The van der Waals surface area contributed by atoms with E-state index in [1.54, 1.807) is 5.92 Å². The van der Waals surface area contributed by atoms with Gasteiger partial charge in [-0.1, -0.05) is 5.92 Å². The number of terminal acetylenes is 1. The van der Waals surface area contributed by atoms with Gasteiger partial charge in [-0.05, 0) is 6.92 Å². The average Bonchev–Trinajstić information content (AvgIpc) is 1.67. The highest BCUT2D eigenvalue weighted by Crippen LogP contribution is 1.98. The van der Waals surface area contributed by atoms with E-state index in [1.165, 1.54) is 0 Å². The van der Waals surface area contributed by atoms with Gasteiger partial charge in [0, 0.05) is 0 Å². The average molecular weight is 114 g/mol. The Morgan fingerprint density at radius 1 is 1.88 bits per heavy atom. The van der Waals surface area contributed by atoms with E-state index in [-0.39, 0.29) is 0 Å². The molecular weight excluding hydrogens is 108 g/mol. The summed E-state index contributed by atoms with van der Waals surface area (Å²) in [7, 11) is 0. The fourth-order valence-electron chi connectivity index (χ4n) is 0.0617. The van der Waals surface area contributed by atoms with Crippen molar-refractivity contribution in [3.8, 4) is 12.3 Å². The van der Waals surface area contributed by atoms with Crippen molar-refractivity contribution in [1.29, 1.82) is 0 Å². The summed E-state index contributed by atoms with van der Waals surface area (Å²) in [5.74, 6) is 0.294. The van der Waals surface area contributed by atoms with E-state index in [2.05, 4.69) is 6.42 Å². The molecule has 1 atom stereocenters.